The van der Waals surface area contributed by atoms with Crippen molar-refractivity contribution < 1.29 is 14.3 Å². The fraction of sp³-hybridized carbons (Fsp3) is 0.292. The molecule has 1 N–H and O–H groups in total. The number of ether oxygens (including phenoxy) is 1. The standard InChI is InChI=1S/C24H26N4O3/c1-27-14-12-25-22(27)17-31-21-10-8-19(9-11-21)24(30)26-20-6-4-5-18(15-20)16-28-13-3-2-7-23(28)29/h4-6,8-12,14-15H,2-3,7,13,16-17H2,1H3,(H,26,30). The first-order chi connectivity index (χ1) is 15.1. The van der Waals surface area contributed by atoms with Crippen LogP contribution in [0.2, 0.25) is 0 Å². The quantitative estimate of drug-likeness (QED) is 0.634. The van der Waals surface area contributed by atoms with E-state index in [1.807, 2.05) is 47.0 Å². The smallest absolute Gasteiger partial charge is 0.255 e. The van der Waals surface area contributed by atoms with Gasteiger partial charge < -0.3 is 19.5 Å². The Morgan fingerprint density at radius 1 is 1.16 bits per heavy atom. The summed E-state index contributed by atoms with van der Waals surface area (Å²) < 4.78 is 7.63. The fourth-order valence-corrected chi connectivity index (χ4v) is 3.59. The Kier molecular flexibility index (Phi) is 6.31. The molecule has 2 aromatic carbocycles. The number of nitrogens with zero attached hydrogens (tertiary/aromatic N) is 3. The van der Waals surface area contributed by atoms with E-state index < -0.39 is 0 Å². The Bertz CT molecular complexity index is 1060. The lowest BCUT2D eigenvalue weighted by molar-refractivity contribution is -0.133. The van der Waals surface area contributed by atoms with E-state index in [2.05, 4.69) is 10.3 Å². The number of benzene rings is 2. The molecule has 1 aromatic heterocycles. The van der Waals surface area contributed by atoms with Crippen LogP contribution in [0.1, 0.15) is 41.0 Å². The van der Waals surface area contributed by atoms with Gasteiger partial charge in [-0.25, -0.2) is 4.98 Å². The van der Waals surface area contributed by atoms with Crippen molar-refractivity contribution in [3.05, 3.63) is 77.9 Å². The number of anilines is 1. The second-order valence-corrected chi connectivity index (χ2v) is 7.69. The van der Waals surface area contributed by atoms with Crippen LogP contribution in [-0.4, -0.2) is 32.8 Å². The topological polar surface area (TPSA) is 76.5 Å². The Labute approximate surface area is 181 Å². The van der Waals surface area contributed by atoms with Crippen LogP contribution in [0.25, 0.3) is 0 Å². The van der Waals surface area contributed by atoms with E-state index in [4.69, 9.17) is 4.74 Å². The van der Waals surface area contributed by atoms with Crippen LogP contribution in [0.4, 0.5) is 5.69 Å². The molecule has 0 unspecified atom stereocenters. The van der Waals surface area contributed by atoms with Crippen molar-refractivity contribution in [1.29, 1.82) is 0 Å². The highest BCUT2D eigenvalue weighted by Crippen LogP contribution is 2.19. The van der Waals surface area contributed by atoms with E-state index in [1.54, 1.807) is 30.5 Å². The van der Waals surface area contributed by atoms with Crippen molar-refractivity contribution in [1.82, 2.24) is 14.5 Å². The summed E-state index contributed by atoms with van der Waals surface area (Å²) in [6, 6.07) is 14.7. The lowest BCUT2D eigenvalue weighted by atomic mass is 10.1. The molecule has 160 valence electrons. The summed E-state index contributed by atoms with van der Waals surface area (Å²) >= 11 is 0. The zero-order chi connectivity index (χ0) is 21.6. The van der Waals surface area contributed by atoms with E-state index >= 15 is 0 Å². The Balaban J connectivity index is 1.34. The van der Waals surface area contributed by atoms with Gasteiger partial charge in [-0.05, 0) is 54.8 Å². The van der Waals surface area contributed by atoms with Gasteiger partial charge in [-0.2, -0.15) is 0 Å². The zero-order valence-corrected chi connectivity index (χ0v) is 17.6. The maximum absolute atomic E-state index is 12.6. The molecule has 3 aromatic rings. The van der Waals surface area contributed by atoms with Gasteiger partial charge in [0.1, 0.15) is 18.2 Å². The molecule has 0 bridgehead atoms. The van der Waals surface area contributed by atoms with Gasteiger partial charge in [0, 0.05) is 50.2 Å². The lowest BCUT2D eigenvalue weighted by Gasteiger charge is -2.26. The number of aryl methyl sites for hydroxylation is 1. The second-order valence-electron chi connectivity index (χ2n) is 7.69. The fourth-order valence-electron chi connectivity index (χ4n) is 3.59. The minimum atomic E-state index is -0.193. The third kappa shape index (κ3) is 5.31. The summed E-state index contributed by atoms with van der Waals surface area (Å²) in [5, 5.41) is 2.93. The van der Waals surface area contributed by atoms with Crippen molar-refractivity contribution in [3.8, 4) is 5.75 Å². The predicted octanol–water partition coefficient (Wildman–Crippen LogP) is 3.76. The average Bonchev–Trinajstić information content (AvgIpc) is 3.19. The number of carbonyl (C=O) groups is 2. The second kappa shape index (κ2) is 9.47. The number of carbonyl (C=O) groups excluding carboxylic acids is 2. The van der Waals surface area contributed by atoms with E-state index in [9.17, 15) is 9.59 Å². The molecule has 7 heteroatoms. The molecule has 4 rings (SSSR count). The molecule has 2 heterocycles. The van der Waals surface area contributed by atoms with Crippen molar-refractivity contribution in [2.75, 3.05) is 11.9 Å². The molecule has 2 amide bonds. The van der Waals surface area contributed by atoms with Crippen LogP contribution in [0.5, 0.6) is 5.75 Å². The van der Waals surface area contributed by atoms with Crippen LogP contribution in [0, 0.1) is 0 Å². The first kappa shape index (κ1) is 20.7. The minimum absolute atomic E-state index is 0.193. The summed E-state index contributed by atoms with van der Waals surface area (Å²) in [6.45, 7) is 1.73. The Morgan fingerprint density at radius 2 is 2.00 bits per heavy atom. The van der Waals surface area contributed by atoms with Crippen LogP contribution in [0.15, 0.2) is 60.9 Å². The van der Waals surface area contributed by atoms with E-state index in [-0.39, 0.29) is 11.8 Å². The van der Waals surface area contributed by atoms with E-state index in [0.717, 1.165) is 30.8 Å². The summed E-state index contributed by atoms with van der Waals surface area (Å²) in [5.74, 6) is 1.51. The summed E-state index contributed by atoms with van der Waals surface area (Å²) in [7, 11) is 1.92. The number of rotatable bonds is 7. The predicted molar refractivity (Wildman–Crippen MR) is 118 cm³/mol. The number of imidazole rings is 1. The highest BCUT2D eigenvalue weighted by molar-refractivity contribution is 6.04. The molecule has 0 spiro atoms. The zero-order valence-electron chi connectivity index (χ0n) is 17.6. The van der Waals surface area contributed by atoms with Crippen LogP contribution in [0.3, 0.4) is 0 Å². The third-order valence-corrected chi connectivity index (χ3v) is 5.39. The monoisotopic (exact) mass is 418 g/mol. The average molecular weight is 418 g/mol. The maximum Gasteiger partial charge on any atom is 0.255 e. The molecule has 1 aliphatic rings. The van der Waals surface area contributed by atoms with Crippen molar-refractivity contribution in [2.45, 2.75) is 32.4 Å². The van der Waals surface area contributed by atoms with Gasteiger partial charge in [0.05, 0.1) is 0 Å². The molecule has 7 nitrogen and oxygen atoms in total. The molecule has 1 fully saturated rings. The van der Waals surface area contributed by atoms with Crippen molar-refractivity contribution in [2.24, 2.45) is 7.05 Å². The molecule has 0 radical (unpaired) electrons. The van der Waals surface area contributed by atoms with Crippen LogP contribution in [-0.2, 0) is 25.0 Å². The molecule has 1 saturated heterocycles. The molecule has 1 aliphatic heterocycles. The van der Waals surface area contributed by atoms with Crippen LogP contribution >= 0.6 is 0 Å². The molecule has 31 heavy (non-hydrogen) atoms. The summed E-state index contributed by atoms with van der Waals surface area (Å²) in [4.78, 5) is 30.8. The van der Waals surface area contributed by atoms with Gasteiger partial charge >= 0.3 is 0 Å². The van der Waals surface area contributed by atoms with Gasteiger partial charge in [-0.3, -0.25) is 9.59 Å². The van der Waals surface area contributed by atoms with Gasteiger partial charge in [0.15, 0.2) is 0 Å². The first-order valence-electron chi connectivity index (χ1n) is 10.5. The summed E-state index contributed by atoms with van der Waals surface area (Å²) in [6.07, 6.45) is 6.23. The number of hydrogen-bond acceptors (Lipinski definition) is 4. The van der Waals surface area contributed by atoms with E-state index in [1.165, 1.54) is 0 Å². The SMILES string of the molecule is Cn1ccnc1COc1ccc(C(=O)Nc2cccc(CN3CCCCC3=O)c2)cc1. The highest BCUT2D eigenvalue weighted by atomic mass is 16.5. The minimum Gasteiger partial charge on any atom is -0.486 e. The molecular weight excluding hydrogens is 392 g/mol. The molecular formula is C24H26N4O3. The van der Waals surface area contributed by atoms with Crippen molar-refractivity contribution in [3.63, 3.8) is 0 Å². The number of nitrogens with one attached hydrogen (secondary N) is 1. The normalized spacial score (nSPS) is 13.8. The highest BCUT2D eigenvalue weighted by Gasteiger charge is 2.18. The number of piperidine rings is 1. The van der Waals surface area contributed by atoms with Gasteiger partial charge in [0.25, 0.3) is 5.91 Å². The number of hydrogen-bond donors (Lipinski definition) is 1. The molecule has 0 aliphatic carbocycles. The molecule has 0 saturated carbocycles. The van der Waals surface area contributed by atoms with Crippen molar-refractivity contribution >= 4 is 17.5 Å². The number of aromatic nitrogens is 2. The molecule has 0 atom stereocenters. The Morgan fingerprint density at radius 3 is 2.74 bits per heavy atom. The van der Waals surface area contributed by atoms with Gasteiger partial charge in [0.2, 0.25) is 5.91 Å². The summed E-state index contributed by atoms with van der Waals surface area (Å²) in [5.41, 5.74) is 2.26. The third-order valence-electron chi connectivity index (χ3n) is 5.39. The maximum atomic E-state index is 12.6. The van der Waals surface area contributed by atoms with Gasteiger partial charge in [-0.1, -0.05) is 12.1 Å². The number of likely N-dealkylation sites (tertiary alicyclic amines) is 1. The Hall–Kier alpha value is -3.61. The van der Waals surface area contributed by atoms with E-state index in [0.29, 0.717) is 36.6 Å². The lowest BCUT2D eigenvalue weighted by Crippen LogP contribution is -2.34. The van der Waals surface area contributed by atoms with Crippen LogP contribution < -0.4 is 10.1 Å². The van der Waals surface area contributed by atoms with Gasteiger partial charge in [-0.15, -0.1) is 0 Å². The first-order valence-corrected chi connectivity index (χ1v) is 10.5. The largest absolute Gasteiger partial charge is 0.486 e. The number of amides is 2.